The van der Waals surface area contributed by atoms with Gasteiger partial charge in [0.1, 0.15) is 10.8 Å². The van der Waals surface area contributed by atoms with Gasteiger partial charge in [-0.1, -0.05) is 0 Å². The molecule has 1 saturated heterocycles. The highest BCUT2D eigenvalue weighted by atomic mass is 32.1. The number of carbonyl (C=O) groups is 2. The lowest BCUT2D eigenvalue weighted by molar-refractivity contribution is 0.193. The number of primary amides is 1. The van der Waals surface area contributed by atoms with Gasteiger partial charge in [-0.3, -0.25) is 5.32 Å². The quantitative estimate of drug-likeness (QED) is 0.627. The molecule has 9 heteroatoms. The van der Waals surface area contributed by atoms with Crippen LogP contribution in [-0.2, 0) is 0 Å². The number of urea groups is 1. The number of amides is 3. The number of rotatable bonds is 5. The molecule has 2 aromatic rings. The van der Waals surface area contributed by atoms with E-state index in [1.165, 1.54) is 11.3 Å². The van der Waals surface area contributed by atoms with E-state index in [1.807, 2.05) is 24.3 Å². The Labute approximate surface area is 161 Å². The van der Waals surface area contributed by atoms with Crippen molar-refractivity contribution in [1.82, 2.24) is 10.6 Å². The Balaban J connectivity index is 1.76. The van der Waals surface area contributed by atoms with E-state index in [2.05, 4.69) is 16.0 Å². The molecular formula is C18H22N4O4S. The number of carbonyl (C=O) groups excluding carboxylic acids is 2. The Kier molecular flexibility index (Phi) is 6.15. The van der Waals surface area contributed by atoms with Crippen molar-refractivity contribution in [2.45, 2.75) is 18.9 Å². The SMILES string of the molecule is COc1ccc(-c2cc(OC(=O)NC3CCNCC3)c(NC(N)=O)s2)cc1. The lowest BCUT2D eigenvalue weighted by Gasteiger charge is -2.23. The predicted molar refractivity (Wildman–Crippen MR) is 105 cm³/mol. The van der Waals surface area contributed by atoms with E-state index >= 15 is 0 Å². The highest BCUT2D eigenvalue weighted by Crippen LogP contribution is 2.41. The molecule has 1 aromatic heterocycles. The van der Waals surface area contributed by atoms with Crippen molar-refractivity contribution in [3.8, 4) is 21.9 Å². The lowest BCUT2D eigenvalue weighted by atomic mass is 10.1. The number of anilines is 1. The fourth-order valence-corrected chi connectivity index (χ4v) is 3.80. The molecule has 0 unspecified atom stereocenters. The number of piperidine rings is 1. The standard InChI is InChI=1S/C18H22N4O4S/c1-25-13-4-2-11(3-5-13)15-10-14(16(27-15)22-17(19)23)26-18(24)21-12-6-8-20-9-7-12/h2-5,10,12,20H,6-9H2,1H3,(H,21,24)(H3,19,22,23). The smallest absolute Gasteiger partial charge is 0.412 e. The molecule has 1 fully saturated rings. The maximum absolute atomic E-state index is 12.2. The fourth-order valence-electron chi connectivity index (χ4n) is 2.81. The number of nitrogens with one attached hydrogen (secondary N) is 3. The molecule has 0 spiro atoms. The van der Waals surface area contributed by atoms with Gasteiger partial charge in [0.15, 0.2) is 5.75 Å². The van der Waals surface area contributed by atoms with Crippen LogP contribution in [0.4, 0.5) is 14.6 Å². The van der Waals surface area contributed by atoms with E-state index in [0.29, 0.717) is 5.00 Å². The van der Waals surface area contributed by atoms with Crippen molar-refractivity contribution in [1.29, 1.82) is 0 Å². The van der Waals surface area contributed by atoms with Crippen molar-refractivity contribution in [2.24, 2.45) is 5.73 Å². The van der Waals surface area contributed by atoms with Crippen LogP contribution in [0.15, 0.2) is 30.3 Å². The topological polar surface area (TPSA) is 115 Å². The zero-order chi connectivity index (χ0) is 19.2. The number of nitrogens with two attached hydrogens (primary N) is 1. The second-order valence-electron chi connectivity index (χ2n) is 6.08. The van der Waals surface area contributed by atoms with Gasteiger partial charge in [-0.05, 0) is 55.8 Å². The average Bonchev–Trinajstić information content (AvgIpc) is 3.04. The third-order valence-electron chi connectivity index (χ3n) is 4.17. The van der Waals surface area contributed by atoms with Gasteiger partial charge in [0.2, 0.25) is 0 Å². The molecule has 0 saturated carbocycles. The van der Waals surface area contributed by atoms with E-state index in [4.69, 9.17) is 15.2 Å². The molecule has 1 aromatic carbocycles. The van der Waals surface area contributed by atoms with Crippen LogP contribution < -0.4 is 31.2 Å². The number of methoxy groups -OCH3 is 1. The van der Waals surface area contributed by atoms with Crippen molar-refractivity contribution >= 4 is 28.5 Å². The monoisotopic (exact) mass is 390 g/mol. The largest absolute Gasteiger partial charge is 0.497 e. The maximum Gasteiger partial charge on any atom is 0.412 e. The molecule has 2 heterocycles. The lowest BCUT2D eigenvalue weighted by Crippen LogP contribution is -2.43. The van der Waals surface area contributed by atoms with Gasteiger partial charge in [-0.2, -0.15) is 0 Å². The van der Waals surface area contributed by atoms with Gasteiger partial charge in [-0.15, -0.1) is 11.3 Å². The Hall–Kier alpha value is -2.78. The van der Waals surface area contributed by atoms with Crippen LogP contribution in [0.25, 0.3) is 10.4 Å². The summed E-state index contributed by atoms with van der Waals surface area (Å²) in [4.78, 5) is 24.4. The third-order valence-corrected chi connectivity index (χ3v) is 5.25. The van der Waals surface area contributed by atoms with Gasteiger partial charge in [-0.25, -0.2) is 9.59 Å². The van der Waals surface area contributed by atoms with Crippen LogP contribution in [0.3, 0.4) is 0 Å². The Morgan fingerprint density at radius 3 is 2.56 bits per heavy atom. The van der Waals surface area contributed by atoms with Crippen LogP contribution in [0, 0.1) is 0 Å². The molecule has 3 amide bonds. The van der Waals surface area contributed by atoms with Gasteiger partial charge in [0, 0.05) is 17.0 Å². The molecule has 3 rings (SSSR count). The van der Waals surface area contributed by atoms with Crippen molar-refractivity contribution in [2.75, 3.05) is 25.5 Å². The first-order valence-corrected chi connectivity index (χ1v) is 9.40. The second kappa shape index (κ2) is 8.74. The van der Waals surface area contributed by atoms with E-state index < -0.39 is 12.1 Å². The van der Waals surface area contributed by atoms with Crippen LogP contribution in [-0.4, -0.2) is 38.4 Å². The maximum atomic E-state index is 12.2. The normalized spacial score (nSPS) is 14.4. The van der Waals surface area contributed by atoms with Crippen LogP contribution in [0.1, 0.15) is 12.8 Å². The van der Waals surface area contributed by atoms with E-state index in [-0.39, 0.29) is 11.8 Å². The minimum atomic E-state index is -0.721. The van der Waals surface area contributed by atoms with Gasteiger partial charge in [0.25, 0.3) is 0 Å². The zero-order valence-electron chi connectivity index (χ0n) is 14.9. The second-order valence-corrected chi connectivity index (χ2v) is 7.13. The highest BCUT2D eigenvalue weighted by molar-refractivity contribution is 7.20. The minimum Gasteiger partial charge on any atom is -0.497 e. The van der Waals surface area contributed by atoms with Crippen molar-refractivity contribution < 1.29 is 19.1 Å². The van der Waals surface area contributed by atoms with Crippen molar-refractivity contribution in [3.05, 3.63) is 30.3 Å². The first-order chi connectivity index (χ1) is 13.0. The molecule has 0 bridgehead atoms. The molecule has 0 atom stereocenters. The number of thiophene rings is 1. The van der Waals surface area contributed by atoms with Gasteiger partial charge >= 0.3 is 12.1 Å². The number of hydrogen-bond acceptors (Lipinski definition) is 6. The summed E-state index contributed by atoms with van der Waals surface area (Å²) in [5, 5.41) is 8.99. The Bertz CT molecular complexity index is 800. The molecule has 5 N–H and O–H groups in total. The Morgan fingerprint density at radius 1 is 1.22 bits per heavy atom. The summed E-state index contributed by atoms with van der Waals surface area (Å²) in [7, 11) is 1.60. The van der Waals surface area contributed by atoms with Gasteiger partial charge in [0.05, 0.1) is 7.11 Å². The predicted octanol–water partition coefficient (Wildman–Crippen LogP) is 2.75. The van der Waals surface area contributed by atoms with Crippen LogP contribution in [0.2, 0.25) is 0 Å². The molecular weight excluding hydrogens is 368 g/mol. The number of hydrogen-bond donors (Lipinski definition) is 4. The zero-order valence-corrected chi connectivity index (χ0v) is 15.7. The summed E-state index contributed by atoms with van der Waals surface area (Å²) in [6.45, 7) is 1.72. The summed E-state index contributed by atoms with van der Waals surface area (Å²) in [5.41, 5.74) is 6.14. The first kappa shape index (κ1) is 19.0. The molecule has 27 heavy (non-hydrogen) atoms. The summed E-state index contributed by atoms with van der Waals surface area (Å²) in [6.07, 6.45) is 1.15. The molecule has 144 valence electrons. The number of benzene rings is 1. The van der Waals surface area contributed by atoms with Crippen molar-refractivity contribution in [3.63, 3.8) is 0 Å². The van der Waals surface area contributed by atoms with Crippen LogP contribution >= 0.6 is 11.3 Å². The van der Waals surface area contributed by atoms with Crippen LogP contribution in [0.5, 0.6) is 11.5 Å². The highest BCUT2D eigenvalue weighted by Gasteiger charge is 2.20. The first-order valence-electron chi connectivity index (χ1n) is 8.59. The molecule has 1 aliphatic rings. The van der Waals surface area contributed by atoms with E-state index in [9.17, 15) is 9.59 Å². The fraction of sp³-hybridized carbons (Fsp3) is 0.333. The summed E-state index contributed by atoms with van der Waals surface area (Å²) >= 11 is 1.27. The van der Waals surface area contributed by atoms with E-state index in [1.54, 1.807) is 13.2 Å². The van der Waals surface area contributed by atoms with E-state index in [0.717, 1.165) is 42.1 Å². The minimum absolute atomic E-state index is 0.0750. The molecule has 1 aliphatic heterocycles. The Morgan fingerprint density at radius 2 is 1.93 bits per heavy atom. The summed E-state index contributed by atoms with van der Waals surface area (Å²) < 4.78 is 10.6. The summed E-state index contributed by atoms with van der Waals surface area (Å²) in [5.74, 6) is 1.000. The third kappa shape index (κ3) is 5.11. The molecule has 0 aliphatic carbocycles. The van der Waals surface area contributed by atoms with Gasteiger partial charge < -0.3 is 25.8 Å². The summed E-state index contributed by atoms with van der Waals surface area (Å²) in [6, 6.07) is 8.50. The number of ether oxygens (including phenoxy) is 2. The molecule has 0 radical (unpaired) electrons. The average molecular weight is 390 g/mol. The molecule has 8 nitrogen and oxygen atoms in total.